The lowest BCUT2D eigenvalue weighted by atomic mass is 9.99. The van der Waals surface area contributed by atoms with E-state index in [2.05, 4.69) is 33.9 Å². The van der Waals surface area contributed by atoms with Gasteiger partial charge in [-0.05, 0) is 59.4 Å². The molecule has 0 aliphatic carbocycles. The van der Waals surface area contributed by atoms with E-state index in [0.717, 1.165) is 18.1 Å². The van der Waals surface area contributed by atoms with Crippen molar-refractivity contribution in [2.24, 2.45) is 0 Å². The average molecular weight is 603 g/mol. The molecule has 0 fully saturated rings. The van der Waals surface area contributed by atoms with Crippen LogP contribution in [0.25, 0.3) is 0 Å². The highest BCUT2D eigenvalue weighted by Crippen LogP contribution is 2.17. The monoisotopic (exact) mass is 602 g/mol. The molecule has 3 aromatic carbocycles. The van der Waals surface area contributed by atoms with E-state index in [1.807, 2.05) is 18.2 Å². The van der Waals surface area contributed by atoms with Crippen LogP contribution in [0.5, 0.6) is 5.88 Å². The van der Waals surface area contributed by atoms with Crippen molar-refractivity contribution < 1.29 is 28.2 Å². The van der Waals surface area contributed by atoms with E-state index in [4.69, 9.17) is 4.74 Å². The lowest BCUT2D eigenvalue weighted by molar-refractivity contribution is -0.122. The number of pyridine rings is 1. The van der Waals surface area contributed by atoms with Crippen LogP contribution < -0.4 is 20.7 Å². The first-order chi connectivity index (χ1) is 21.2. The minimum Gasteiger partial charge on any atom is -0.481 e. The number of aryl methyl sites for hydroxylation is 1. The zero-order chi connectivity index (χ0) is 31.5. The van der Waals surface area contributed by atoms with Crippen LogP contribution in [0, 0.1) is 11.6 Å². The molecule has 230 valence electrons. The van der Waals surface area contributed by atoms with Gasteiger partial charge >= 0.3 is 0 Å². The number of aliphatic hydroxyl groups is 1. The van der Waals surface area contributed by atoms with Gasteiger partial charge in [-0.2, -0.15) is 0 Å². The third-order valence-corrected chi connectivity index (χ3v) is 7.09. The van der Waals surface area contributed by atoms with E-state index in [0.29, 0.717) is 29.2 Å². The van der Waals surface area contributed by atoms with Crippen LogP contribution in [-0.2, 0) is 30.6 Å². The summed E-state index contributed by atoms with van der Waals surface area (Å²) in [6, 6.07) is 20.2. The Morgan fingerprint density at radius 3 is 2.39 bits per heavy atom. The molecule has 0 saturated carbocycles. The first-order valence-corrected chi connectivity index (χ1v) is 14.3. The summed E-state index contributed by atoms with van der Waals surface area (Å²) in [6.07, 6.45) is 1.10. The largest absolute Gasteiger partial charge is 0.481 e. The molecule has 10 heteroatoms. The number of methoxy groups -OCH3 is 1. The number of nitrogens with one attached hydrogen (secondary N) is 3. The van der Waals surface area contributed by atoms with E-state index in [1.54, 1.807) is 36.4 Å². The molecule has 1 heterocycles. The Hall–Kier alpha value is -4.67. The number of aliphatic hydroxyl groups excluding tert-OH is 1. The third-order valence-electron chi connectivity index (χ3n) is 7.09. The van der Waals surface area contributed by atoms with Gasteiger partial charge in [-0.15, -0.1) is 0 Å². The maximum atomic E-state index is 13.9. The maximum absolute atomic E-state index is 13.9. The van der Waals surface area contributed by atoms with Crippen molar-refractivity contribution in [1.82, 2.24) is 15.6 Å². The molecule has 0 bridgehead atoms. The van der Waals surface area contributed by atoms with Crippen molar-refractivity contribution in [3.05, 3.63) is 125 Å². The lowest BCUT2D eigenvalue weighted by Crippen LogP contribution is -2.49. The molecule has 4 rings (SSSR count). The highest BCUT2D eigenvalue weighted by molar-refractivity contribution is 6.05. The lowest BCUT2D eigenvalue weighted by Gasteiger charge is -2.25. The minimum absolute atomic E-state index is 0.0127. The first kappa shape index (κ1) is 32.2. The number of nitrogens with zero attached hydrogens (tertiary/aromatic N) is 1. The summed E-state index contributed by atoms with van der Waals surface area (Å²) in [5.41, 5.74) is 3.73. The van der Waals surface area contributed by atoms with Gasteiger partial charge in [0.05, 0.1) is 37.6 Å². The topological polar surface area (TPSA) is 113 Å². The normalized spacial score (nSPS) is 12.3. The summed E-state index contributed by atoms with van der Waals surface area (Å²) >= 11 is 0. The van der Waals surface area contributed by atoms with Crippen molar-refractivity contribution in [2.75, 3.05) is 19.0 Å². The van der Waals surface area contributed by atoms with Gasteiger partial charge in [0.15, 0.2) is 0 Å². The van der Waals surface area contributed by atoms with Crippen LogP contribution in [0.2, 0.25) is 0 Å². The molecule has 0 aliphatic rings. The Morgan fingerprint density at radius 1 is 0.932 bits per heavy atom. The van der Waals surface area contributed by atoms with E-state index < -0.39 is 35.6 Å². The van der Waals surface area contributed by atoms with Crippen LogP contribution in [0.4, 0.5) is 14.5 Å². The van der Waals surface area contributed by atoms with E-state index in [9.17, 15) is 23.5 Å². The van der Waals surface area contributed by atoms with Crippen molar-refractivity contribution in [2.45, 2.75) is 44.9 Å². The zero-order valence-corrected chi connectivity index (χ0v) is 24.6. The minimum atomic E-state index is -1.08. The Balaban J connectivity index is 1.45. The second-order valence-electron chi connectivity index (χ2n) is 10.4. The van der Waals surface area contributed by atoms with E-state index >= 15 is 0 Å². The molecular weight excluding hydrogens is 566 g/mol. The Kier molecular flexibility index (Phi) is 11.5. The molecule has 2 unspecified atom stereocenters. The second-order valence-corrected chi connectivity index (χ2v) is 10.4. The maximum Gasteiger partial charge on any atom is 0.255 e. The summed E-state index contributed by atoms with van der Waals surface area (Å²) < 4.78 is 32.9. The predicted molar refractivity (Wildman–Crippen MR) is 164 cm³/mol. The van der Waals surface area contributed by atoms with Crippen molar-refractivity contribution in [3.8, 4) is 5.88 Å². The smallest absolute Gasteiger partial charge is 0.255 e. The van der Waals surface area contributed by atoms with E-state index in [-0.39, 0.29) is 24.9 Å². The number of amides is 2. The number of aromatic nitrogens is 1. The fourth-order valence-electron chi connectivity index (χ4n) is 4.83. The molecule has 4 N–H and O–H groups in total. The number of anilines is 1. The zero-order valence-electron chi connectivity index (χ0n) is 24.6. The van der Waals surface area contributed by atoms with Crippen molar-refractivity contribution >= 4 is 17.5 Å². The SMILES string of the molecule is CCc1cccc(CNCC(O)C(Cc2cc(F)cc(F)c2)NC(=O)Cc2ccccc2C(=O)Nc2ccc(OC)nc2)c1. The average Bonchev–Trinajstić information content (AvgIpc) is 3.01. The van der Waals surface area contributed by atoms with Gasteiger partial charge in [0.2, 0.25) is 11.8 Å². The summed E-state index contributed by atoms with van der Waals surface area (Å²) in [5, 5.41) is 19.9. The molecule has 2 atom stereocenters. The third kappa shape index (κ3) is 9.42. The molecule has 0 spiro atoms. The van der Waals surface area contributed by atoms with Gasteiger partial charge in [0.1, 0.15) is 11.6 Å². The number of rotatable bonds is 14. The molecule has 8 nitrogen and oxygen atoms in total. The fourth-order valence-corrected chi connectivity index (χ4v) is 4.83. The van der Waals surface area contributed by atoms with Crippen LogP contribution >= 0.6 is 0 Å². The van der Waals surface area contributed by atoms with Crippen LogP contribution in [0.15, 0.2) is 85.1 Å². The van der Waals surface area contributed by atoms with Crippen LogP contribution in [0.1, 0.15) is 39.5 Å². The molecule has 4 aromatic rings. The molecule has 44 heavy (non-hydrogen) atoms. The second kappa shape index (κ2) is 15.7. The van der Waals surface area contributed by atoms with Gasteiger partial charge < -0.3 is 25.8 Å². The van der Waals surface area contributed by atoms with E-state index in [1.165, 1.54) is 31.0 Å². The Labute approximate surface area is 255 Å². The van der Waals surface area contributed by atoms with Gasteiger partial charge in [0.25, 0.3) is 5.91 Å². The summed E-state index contributed by atoms with van der Waals surface area (Å²) in [7, 11) is 1.49. The van der Waals surface area contributed by atoms with Gasteiger partial charge in [-0.1, -0.05) is 49.4 Å². The summed E-state index contributed by atoms with van der Waals surface area (Å²) in [4.78, 5) is 30.4. The number of hydrogen-bond donors (Lipinski definition) is 4. The van der Waals surface area contributed by atoms with Gasteiger partial charge in [0, 0.05) is 30.8 Å². The van der Waals surface area contributed by atoms with Crippen molar-refractivity contribution in [1.29, 1.82) is 0 Å². The number of halogens is 2. The fraction of sp³-hybridized carbons (Fsp3) is 0.265. The Morgan fingerprint density at radius 2 is 1.68 bits per heavy atom. The molecule has 2 amide bonds. The van der Waals surface area contributed by atoms with Gasteiger partial charge in [-0.3, -0.25) is 9.59 Å². The number of hydrogen-bond acceptors (Lipinski definition) is 6. The summed E-state index contributed by atoms with van der Waals surface area (Å²) in [5.74, 6) is -1.99. The van der Waals surface area contributed by atoms with Crippen LogP contribution in [-0.4, -0.2) is 47.7 Å². The van der Waals surface area contributed by atoms with Crippen molar-refractivity contribution in [3.63, 3.8) is 0 Å². The summed E-state index contributed by atoms with van der Waals surface area (Å²) in [6.45, 7) is 2.68. The number of ether oxygens (including phenoxy) is 1. The first-order valence-electron chi connectivity index (χ1n) is 14.3. The molecule has 0 aliphatic heterocycles. The highest BCUT2D eigenvalue weighted by Gasteiger charge is 2.23. The molecule has 0 radical (unpaired) electrons. The highest BCUT2D eigenvalue weighted by atomic mass is 19.1. The number of benzene rings is 3. The Bertz CT molecular complexity index is 1550. The van der Waals surface area contributed by atoms with Gasteiger partial charge in [-0.25, -0.2) is 13.8 Å². The quantitative estimate of drug-likeness (QED) is 0.168. The molecule has 1 aromatic heterocycles. The standard InChI is InChI=1S/C34H36F2N4O4/c1-3-22-7-6-8-23(13-22)19-37-21-31(41)30(16-24-14-26(35)18-27(36)15-24)40-32(42)17-25-9-4-5-10-29(25)34(43)39-28-11-12-33(44-2)38-20-28/h4-15,18,20,30-31,37,41H,3,16-17,19,21H2,1-2H3,(H,39,43)(H,40,42). The molecule has 0 saturated heterocycles. The molecular formula is C34H36F2N4O4. The number of carbonyl (C=O) groups is 2. The van der Waals surface area contributed by atoms with Crippen LogP contribution in [0.3, 0.4) is 0 Å². The predicted octanol–water partition coefficient (Wildman–Crippen LogP) is 4.60. The number of carbonyl (C=O) groups excluding carboxylic acids is 2.